The van der Waals surface area contributed by atoms with E-state index in [4.69, 9.17) is 4.52 Å². The minimum Gasteiger partial charge on any atom is -0.368 e. The van der Waals surface area contributed by atoms with Gasteiger partial charge in [0, 0.05) is 53.4 Å². The fraction of sp³-hybridized carbons (Fsp3) is 0.318. The van der Waals surface area contributed by atoms with Crippen LogP contribution in [0.15, 0.2) is 57.5 Å². The Balaban J connectivity index is 1.22. The Kier molecular flexibility index (Phi) is 4.83. The first-order chi connectivity index (χ1) is 14.2. The topological polar surface area (TPSA) is 62.5 Å². The van der Waals surface area contributed by atoms with Crippen LogP contribution in [0.25, 0.3) is 11.4 Å². The van der Waals surface area contributed by atoms with Crippen molar-refractivity contribution in [2.24, 2.45) is 0 Å². The zero-order valence-electron chi connectivity index (χ0n) is 15.9. The Morgan fingerprint density at radius 1 is 1.03 bits per heavy atom. The predicted molar refractivity (Wildman–Crippen MR) is 114 cm³/mol. The van der Waals surface area contributed by atoms with E-state index in [1.54, 1.807) is 0 Å². The molecule has 2 aromatic carbocycles. The van der Waals surface area contributed by atoms with Gasteiger partial charge in [0.15, 0.2) is 0 Å². The van der Waals surface area contributed by atoms with E-state index in [-0.39, 0.29) is 5.91 Å². The number of halogens is 1. The molecule has 2 heterocycles. The number of carbonyl (C=O) groups is 1. The Morgan fingerprint density at radius 2 is 1.79 bits per heavy atom. The lowest BCUT2D eigenvalue weighted by atomic mass is 10.1. The van der Waals surface area contributed by atoms with Crippen LogP contribution in [-0.4, -0.2) is 47.1 Å². The van der Waals surface area contributed by atoms with Crippen LogP contribution in [0.5, 0.6) is 0 Å². The van der Waals surface area contributed by atoms with Crippen molar-refractivity contribution >= 4 is 27.5 Å². The van der Waals surface area contributed by atoms with Gasteiger partial charge in [0.1, 0.15) is 0 Å². The molecule has 0 radical (unpaired) electrons. The monoisotopic (exact) mass is 452 g/mol. The molecule has 0 spiro atoms. The smallest absolute Gasteiger partial charge is 0.254 e. The second-order valence-electron chi connectivity index (χ2n) is 7.57. The van der Waals surface area contributed by atoms with Crippen molar-refractivity contribution in [1.82, 2.24) is 15.0 Å². The molecule has 148 valence electrons. The molecule has 0 atom stereocenters. The van der Waals surface area contributed by atoms with E-state index in [0.717, 1.165) is 53.1 Å². The van der Waals surface area contributed by atoms with E-state index >= 15 is 0 Å². The summed E-state index contributed by atoms with van der Waals surface area (Å²) in [5.41, 5.74) is 2.84. The predicted octanol–water partition coefficient (Wildman–Crippen LogP) is 4.34. The molecular formula is C22H21BrN4O2. The third-order valence-corrected chi connectivity index (χ3v) is 5.99. The Hall–Kier alpha value is -2.67. The number of nitrogens with zero attached hydrogens (tertiary/aromatic N) is 4. The molecule has 6 nitrogen and oxygen atoms in total. The summed E-state index contributed by atoms with van der Waals surface area (Å²) in [7, 11) is 0. The van der Waals surface area contributed by atoms with Gasteiger partial charge in [-0.1, -0.05) is 27.2 Å². The van der Waals surface area contributed by atoms with Crippen molar-refractivity contribution < 1.29 is 9.32 Å². The first kappa shape index (κ1) is 18.4. The van der Waals surface area contributed by atoms with Crippen molar-refractivity contribution in [1.29, 1.82) is 0 Å². The van der Waals surface area contributed by atoms with Crippen molar-refractivity contribution in [3.05, 3.63) is 64.5 Å². The normalized spacial score (nSPS) is 16.9. The third kappa shape index (κ3) is 3.92. The Labute approximate surface area is 177 Å². The highest BCUT2D eigenvalue weighted by Crippen LogP contribution is 2.39. The molecule has 1 saturated heterocycles. The average Bonchev–Trinajstić information content (AvgIpc) is 3.50. The van der Waals surface area contributed by atoms with E-state index in [1.165, 1.54) is 0 Å². The number of amides is 1. The SMILES string of the molecule is O=C(c1cccc(Br)c1)N1CCN(c2ccc(-c3noc(C4CC4)n3)cc2)CC1. The maximum absolute atomic E-state index is 12.7. The van der Waals surface area contributed by atoms with E-state index in [0.29, 0.717) is 24.8 Å². The van der Waals surface area contributed by atoms with Crippen LogP contribution >= 0.6 is 15.9 Å². The van der Waals surface area contributed by atoms with Gasteiger partial charge in [-0.3, -0.25) is 4.79 Å². The van der Waals surface area contributed by atoms with Crippen molar-refractivity contribution in [3.8, 4) is 11.4 Å². The first-order valence-corrected chi connectivity index (χ1v) is 10.7. The van der Waals surface area contributed by atoms with Gasteiger partial charge >= 0.3 is 0 Å². The molecule has 3 aromatic rings. The van der Waals surface area contributed by atoms with Crippen molar-refractivity contribution in [3.63, 3.8) is 0 Å². The highest BCUT2D eigenvalue weighted by atomic mass is 79.9. The van der Waals surface area contributed by atoms with Gasteiger partial charge in [-0.05, 0) is 55.3 Å². The molecule has 1 aliphatic heterocycles. The molecule has 29 heavy (non-hydrogen) atoms. The molecule has 1 saturated carbocycles. The summed E-state index contributed by atoms with van der Waals surface area (Å²) < 4.78 is 6.28. The number of benzene rings is 2. The number of piperazine rings is 1. The van der Waals surface area contributed by atoms with Gasteiger partial charge in [0.05, 0.1) is 0 Å². The third-order valence-electron chi connectivity index (χ3n) is 5.50. The van der Waals surface area contributed by atoms with E-state index in [1.807, 2.05) is 41.3 Å². The maximum Gasteiger partial charge on any atom is 0.254 e. The largest absolute Gasteiger partial charge is 0.368 e. The molecule has 5 rings (SSSR count). The second kappa shape index (κ2) is 7.63. The fourth-order valence-electron chi connectivity index (χ4n) is 3.64. The quantitative estimate of drug-likeness (QED) is 0.588. The molecule has 1 amide bonds. The summed E-state index contributed by atoms with van der Waals surface area (Å²) in [4.78, 5) is 21.5. The van der Waals surface area contributed by atoms with Crippen LogP contribution in [0.1, 0.15) is 35.0 Å². The van der Waals surface area contributed by atoms with Gasteiger partial charge in [0.25, 0.3) is 5.91 Å². The molecule has 0 N–H and O–H groups in total. The molecule has 7 heteroatoms. The Morgan fingerprint density at radius 3 is 2.48 bits per heavy atom. The molecule has 0 bridgehead atoms. The number of aromatic nitrogens is 2. The summed E-state index contributed by atoms with van der Waals surface area (Å²) >= 11 is 3.43. The van der Waals surface area contributed by atoms with Gasteiger partial charge < -0.3 is 14.3 Å². The van der Waals surface area contributed by atoms with Crippen LogP contribution in [0, 0.1) is 0 Å². The maximum atomic E-state index is 12.7. The van der Waals surface area contributed by atoms with Crippen LogP contribution < -0.4 is 4.90 Å². The minimum atomic E-state index is 0.0878. The van der Waals surface area contributed by atoms with Gasteiger partial charge in [-0.15, -0.1) is 0 Å². The lowest BCUT2D eigenvalue weighted by Gasteiger charge is -2.36. The van der Waals surface area contributed by atoms with Crippen molar-refractivity contribution in [2.45, 2.75) is 18.8 Å². The number of carbonyl (C=O) groups excluding carboxylic acids is 1. The van der Waals surface area contributed by atoms with Crippen LogP contribution in [0.4, 0.5) is 5.69 Å². The number of hydrogen-bond donors (Lipinski definition) is 0. The lowest BCUT2D eigenvalue weighted by molar-refractivity contribution is 0.0746. The zero-order valence-corrected chi connectivity index (χ0v) is 17.5. The molecule has 2 fully saturated rings. The molecular weight excluding hydrogens is 432 g/mol. The van der Waals surface area contributed by atoms with Gasteiger partial charge in [0.2, 0.25) is 11.7 Å². The molecule has 0 unspecified atom stereocenters. The standard InChI is InChI=1S/C22H21BrN4O2/c23-18-3-1-2-17(14-18)22(28)27-12-10-26(11-13-27)19-8-6-15(7-9-19)20-24-21(29-25-20)16-4-5-16/h1-3,6-9,14,16H,4-5,10-13H2. The number of rotatable bonds is 4. The van der Waals surface area contributed by atoms with Gasteiger partial charge in [-0.2, -0.15) is 4.98 Å². The molecule has 1 aliphatic carbocycles. The lowest BCUT2D eigenvalue weighted by Crippen LogP contribution is -2.48. The van der Waals surface area contributed by atoms with E-state index in [9.17, 15) is 4.79 Å². The molecule has 2 aliphatic rings. The Bertz CT molecular complexity index is 1020. The van der Waals surface area contributed by atoms with Crippen LogP contribution in [0.2, 0.25) is 0 Å². The number of anilines is 1. The fourth-order valence-corrected chi connectivity index (χ4v) is 4.04. The van der Waals surface area contributed by atoms with Crippen molar-refractivity contribution in [2.75, 3.05) is 31.1 Å². The second-order valence-corrected chi connectivity index (χ2v) is 8.48. The van der Waals surface area contributed by atoms with Crippen LogP contribution in [-0.2, 0) is 0 Å². The van der Waals surface area contributed by atoms with E-state index in [2.05, 4.69) is 43.1 Å². The highest BCUT2D eigenvalue weighted by molar-refractivity contribution is 9.10. The summed E-state index contributed by atoms with van der Waals surface area (Å²) in [6.45, 7) is 3.05. The summed E-state index contributed by atoms with van der Waals surface area (Å²) in [6, 6.07) is 15.8. The molecule has 1 aromatic heterocycles. The zero-order chi connectivity index (χ0) is 19.8. The first-order valence-electron chi connectivity index (χ1n) is 9.91. The minimum absolute atomic E-state index is 0.0878. The highest BCUT2D eigenvalue weighted by Gasteiger charge is 2.29. The van der Waals surface area contributed by atoms with Gasteiger partial charge in [-0.25, -0.2) is 0 Å². The number of hydrogen-bond acceptors (Lipinski definition) is 5. The average molecular weight is 453 g/mol. The van der Waals surface area contributed by atoms with E-state index < -0.39 is 0 Å². The summed E-state index contributed by atoms with van der Waals surface area (Å²) in [6.07, 6.45) is 2.30. The van der Waals surface area contributed by atoms with Crippen LogP contribution in [0.3, 0.4) is 0 Å². The summed E-state index contributed by atoms with van der Waals surface area (Å²) in [5, 5.41) is 4.11. The summed E-state index contributed by atoms with van der Waals surface area (Å²) in [5.74, 6) is 1.97.